The van der Waals surface area contributed by atoms with Crippen molar-refractivity contribution < 1.29 is 24.2 Å². The molecule has 0 saturated heterocycles. The molecule has 0 fully saturated rings. The van der Waals surface area contributed by atoms with Crippen LogP contribution in [-0.2, 0) is 4.79 Å². The van der Waals surface area contributed by atoms with Gasteiger partial charge in [-0.15, -0.1) is 0 Å². The summed E-state index contributed by atoms with van der Waals surface area (Å²) in [6.45, 7) is 1.36. The molecule has 2 N–H and O–H groups in total. The molecular formula is C26H26N2O6. The van der Waals surface area contributed by atoms with Gasteiger partial charge in [0.1, 0.15) is 17.2 Å². The van der Waals surface area contributed by atoms with Crippen molar-refractivity contribution in [2.75, 3.05) is 26.2 Å². The first-order valence-electron chi connectivity index (χ1n) is 10.5. The SMILES string of the molecule is CNC(=O)c1ccc(N(C(C)=O)C(c2ccc(O)cc2)c2ccc(OC)cc2OC)c(=O)cc1. The first-order valence-corrected chi connectivity index (χ1v) is 10.5. The molecule has 0 heterocycles. The second-order valence-electron chi connectivity index (χ2n) is 7.44. The molecule has 8 nitrogen and oxygen atoms in total. The first-order chi connectivity index (χ1) is 16.3. The molecule has 0 radical (unpaired) electrons. The molecule has 3 aromatic carbocycles. The highest BCUT2D eigenvalue weighted by Gasteiger charge is 2.30. The number of nitrogens with zero attached hydrogens (tertiary/aromatic N) is 1. The number of ether oxygens (including phenoxy) is 2. The molecule has 0 saturated carbocycles. The molecule has 1 atom stereocenters. The number of aromatic hydroxyl groups is 1. The zero-order valence-corrected chi connectivity index (χ0v) is 19.4. The second-order valence-corrected chi connectivity index (χ2v) is 7.44. The number of carbonyl (C=O) groups excluding carboxylic acids is 2. The number of hydrogen-bond acceptors (Lipinski definition) is 6. The maximum Gasteiger partial charge on any atom is 0.251 e. The predicted molar refractivity (Wildman–Crippen MR) is 129 cm³/mol. The number of hydrogen-bond donors (Lipinski definition) is 2. The van der Waals surface area contributed by atoms with Gasteiger partial charge in [0.25, 0.3) is 5.91 Å². The van der Waals surface area contributed by atoms with Crippen LogP contribution in [0, 0.1) is 0 Å². The minimum Gasteiger partial charge on any atom is -0.508 e. The van der Waals surface area contributed by atoms with Crippen molar-refractivity contribution in [2.45, 2.75) is 13.0 Å². The second kappa shape index (κ2) is 10.5. The Hall–Kier alpha value is -4.33. The van der Waals surface area contributed by atoms with Gasteiger partial charge in [-0.05, 0) is 54.1 Å². The first kappa shape index (κ1) is 24.3. The summed E-state index contributed by atoms with van der Waals surface area (Å²) < 4.78 is 10.9. The van der Waals surface area contributed by atoms with Gasteiger partial charge >= 0.3 is 0 Å². The number of methoxy groups -OCH3 is 2. The standard InChI is InChI=1S/C26H26N2O6/c1-16(29)28(22-13-7-18(26(32)27-2)8-14-23(22)31)25(17-5-9-19(30)10-6-17)21-12-11-20(33-3)15-24(21)34-4/h5-15,25,30H,1-4H3,(H,27,32). The summed E-state index contributed by atoms with van der Waals surface area (Å²) in [5.74, 6) is 0.306. The van der Waals surface area contributed by atoms with E-state index in [4.69, 9.17) is 9.47 Å². The highest BCUT2D eigenvalue weighted by molar-refractivity contribution is 5.95. The Morgan fingerprint density at radius 1 is 0.941 bits per heavy atom. The van der Waals surface area contributed by atoms with Gasteiger partial charge in [0.2, 0.25) is 11.3 Å². The van der Waals surface area contributed by atoms with E-state index in [-0.39, 0.29) is 22.9 Å². The normalized spacial score (nSPS) is 11.3. The summed E-state index contributed by atoms with van der Waals surface area (Å²) in [4.78, 5) is 39.6. The fourth-order valence-electron chi connectivity index (χ4n) is 3.71. The average Bonchev–Trinajstić information content (AvgIpc) is 3.03. The summed E-state index contributed by atoms with van der Waals surface area (Å²) in [5, 5.41) is 12.3. The molecule has 0 aliphatic heterocycles. The summed E-state index contributed by atoms with van der Waals surface area (Å²) in [6.07, 6.45) is 0. The molecule has 1 unspecified atom stereocenters. The van der Waals surface area contributed by atoms with E-state index < -0.39 is 17.4 Å². The Kier molecular flexibility index (Phi) is 7.53. The zero-order valence-electron chi connectivity index (χ0n) is 19.4. The molecule has 0 aromatic heterocycles. The summed E-state index contributed by atoms with van der Waals surface area (Å²) >= 11 is 0. The van der Waals surface area contributed by atoms with E-state index in [1.807, 2.05) is 0 Å². The lowest BCUT2D eigenvalue weighted by molar-refractivity contribution is -0.116. The lowest BCUT2D eigenvalue weighted by Crippen LogP contribution is -2.36. The molecule has 34 heavy (non-hydrogen) atoms. The van der Waals surface area contributed by atoms with Gasteiger partial charge < -0.3 is 19.9 Å². The minimum atomic E-state index is -0.780. The molecule has 0 aliphatic carbocycles. The molecule has 0 aliphatic rings. The monoisotopic (exact) mass is 462 g/mol. The van der Waals surface area contributed by atoms with Crippen molar-refractivity contribution in [2.24, 2.45) is 0 Å². The van der Waals surface area contributed by atoms with Crippen molar-refractivity contribution in [3.8, 4) is 17.2 Å². The van der Waals surface area contributed by atoms with Gasteiger partial charge in [-0.3, -0.25) is 19.3 Å². The van der Waals surface area contributed by atoms with Crippen LogP contribution in [0.4, 0.5) is 5.69 Å². The number of benzene rings is 2. The lowest BCUT2D eigenvalue weighted by atomic mass is 9.95. The molecule has 0 bridgehead atoms. The van der Waals surface area contributed by atoms with Crippen LogP contribution in [0.5, 0.6) is 17.2 Å². The Labute approximate surface area is 197 Å². The Morgan fingerprint density at radius 3 is 2.21 bits per heavy atom. The Balaban J connectivity index is 2.30. The maximum absolute atomic E-state index is 13.1. The quantitative estimate of drug-likeness (QED) is 0.558. The van der Waals surface area contributed by atoms with E-state index >= 15 is 0 Å². The Bertz CT molecular complexity index is 1260. The third-order valence-electron chi connectivity index (χ3n) is 5.38. The van der Waals surface area contributed by atoms with E-state index in [1.165, 1.54) is 69.5 Å². The van der Waals surface area contributed by atoms with Crippen LogP contribution in [0.1, 0.15) is 34.5 Å². The average molecular weight is 463 g/mol. The summed E-state index contributed by atoms with van der Waals surface area (Å²) in [7, 11) is 4.53. The van der Waals surface area contributed by atoms with Gasteiger partial charge in [-0.2, -0.15) is 0 Å². The lowest BCUT2D eigenvalue weighted by Gasteiger charge is -2.32. The van der Waals surface area contributed by atoms with E-state index in [1.54, 1.807) is 30.3 Å². The van der Waals surface area contributed by atoms with Crippen LogP contribution >= 0.6 is 0 Å². The van der Waals surface area contributed by atoms with Gasteiger partial charge in [-0.25, -0.2) is 0 Å². The summed E-state index contributed by atoms with van der Waals surface area (Å²) in [5.41, 5.74) is 1.15. The van der Waals surface area contributed by atoms with Crippen LogP contribution in [0.2, 0.25) is 0 Å². The third-order valence-corrected chi connectivity index (χ3v) is 5.38. The molecule has 176 valence electrons. The minimum absolute atomic E-state index is 0.0596. The van der Waals surface area contributed by atoms with Crippen molar-refractivity contribution in [1.29, 1.82) is 0 Å². The smallest absolute Gasteiger partial charge is 0.251 e. The zero-order chi connectivity index (χ0) is 24.8. The summed E-state index contributed by atoms with van der Waals surface area (Å²) in [6, 6.07) is 16.4. The van der Waals surface area contributed by atoms with E-state index in [0.29, 0.717) is 22.6 Å². The number of rotatable bonds is 7. The molecule has 0 spiro atoms. The molecular weight excluding hydrogens is 436 g/mol. The molecule has 3 aromatic rings. The fourth-order valence-corrected chi connectivity index (χ4v) is 3.71. The van der Waals surface area contributed by atoms with E-state index in [2.05, 4.69) is 5.32 Å². The van der Waals surface area contributed by atoms with Gasteiger partial charge in [0, 0.05) is 31.2 Å². The highest BCUT2D eigenvalue weighted by atomic mass is 16.5. The van der Waals surface area contributed by atoms with E-state index in [0.717, 1.165) is 0 Å². The fraction of sp³-hybridized carbons (Fsp3) is 0.192. The molecule has 3 rings (SSSR count). The number of anilines is 1. The van der Waals surface area contributed by atoms with Crippen LogP contribution < -0.4 is 25.1 Å². The topological polar surface area (TPSA) is 105 Å². The van der Waals surface area contributed by atoms with Crippen LogP contribution in [0.25, 0.3) is 0 Å². The van der Waals surface area contributed by atoms with Crippen LogP contribution in [-0.4, -0.2) is 38.2 Å². The largest absolute Gasteiger partial charge is 0.508 e. The maximum atomic E-state index is 13.1. The number of nitrogens with one attached hydrogen (secondary N) is 1. The van der Waals surface area contributed by atoms with Crippen LogP contribution in [0.15, 0.2) is 71.5 Å². The van der Waals surface area contributed by atoms with Crippen LogP contribution in [0.3, 0.4) is 0 Å². The van der Waals surface area contributed by atoms with Gasteiger partial charge in [0.15, 0.2) is 0 Å². The number of phenolic OH excluding ortho intramolecular Hbond substituents is 1. The third kappa shape index (κ3) is 5.01. The van der Waals surface area contributed by atoms with Crippen molar-refractivity contribution in [3.05, 3.63) is 93.6 Å². The van der Waals surface area contributed by atoms with Crippen molar-refractivity contribution in [1.82, 2.24) is 5.32 Å². The van der Waals surface area contributed by atoms with Gasteiger partial charge in [-0.1, -0.05) is 12.1 Å². The number of phenols is 1. The van der Waals surface area contributed by atoms with Crippen molar-refractivity contribution in [3.63, 3.8) is 0 Å². The Morgan fingerprint density at radius 2 is 1.62 bits per heavy atom. The highest BCUT2D eigenvalue weighted by Crippen LogP contribution is 2.39. The van der Waals surface area contributed by atoms with Gasteiger partial charge in [0.05, 0.1) is 25.9 Å². The van der Waals surface area contributed by atoms with E-state index in [9.17, 15) is 19.5 Å². The molecule has 2 amide bonds. The number of amides is 2. The van der Waals surface area contributed by atoms with Crippen molar-refractivity contribution >= 4 is 17.5 Å². The number of carbonyl (C=O) groups is 2. The predicted octanol–water partition coefficient (Wildman–Crippen LogP) is 3.27. The molecule has 8 heteroatoms.